The summed E-state index contributed by atoms with van der Waals surface area (Å²) >= 11 is 6.15. The maximum atomic E-state index is 8.61. The number of hydrogen-bond donors (Lipinski definition) is 2. The van der Waals surface area contributed by atoms with E-state index in [0.29, 0.717) is 23.1 Å². The molecule has 0 spiro atoms. The van der Waals surface area contributed by atoms with E-state index in [1.165, 1.54) is 25.7 Å². The van der Waals surface area contributed by atoms with Gasteiger partial charge < -0.3 is 15.7 Å². The van der Waals surface area contributed by atoms with Gasteiger partial charge in [-0.1, -0.05) is 41.7 Å². The predicted octanol–water partition coefficient (Wildman–Crippen LogP) is 3.14. The first-order valence-electron chi connectivity index (χ1n) is 6.54. The molecule has 5 heteroatoms. The van der Waals surface area contributed by atoms with Crippen molar-refractivity contribution in [3.05, 3.63) is 34.3 Å². The zero-order valence-corrected chi connectivity index (χ0v) is 11.6. The van der Waals surface area contributed by atoms with Crippen molar-refractivity contribution < 1.29 is 9.94 Å². The smallest absolute Gasteiger partial charge is 0.170 e. The summed E-state index contributed by atoms with van der Waals surface area (Å²) in [6.07, 6.45) is 5.19. The fourth-order valence-corrected chi connectivity index (χ4v) is 2.63. The van der Waals surface area contributed by atoms with E-state index >= 15 is 0 Å². The molecule has 1 fully saturated rings. The molecule has 1 aromatic rings. The van der Waals surface area contributed by atoms with Crippen molar-refractivity contribution in [2.24, 2.45) is 16.8 Å². The Morgan fingerprint density at radius 1 is 1.42 bits per heavy atom. The first kappa shape index (κ1) is 14.2. The Hall–Kier alpha value is -1.26. The number of nitrogens with zero attached hydrogens (tertiary/aromatic N) is 1. The van der Waals surface area contributed by atoms with Crippen LogP contribution in [0, 0.1) is 5.92 Å². The zero-order valence-electron chi connectivity index (χ0n) is 10.8. The SMILES string of the molecule is N/C(=N/O)c1ccc(COCC2CCCC2)c(Cl)c1. The van der Waals surface area contributed by atoms with Crippen LogP contribution in [-0.4, -0.2) is 17.6 Å². The number of halogens is 1. The Morgan fingerprint density at radius 3 is 2.79 bits per heavy atom. The Labute approximate surface area is 118 Å². The second-order valence-corrected chi connectivity index (χ2v) is 5.36. The second-order valence-electron chi connectivity index (χ2n) is 4.96. The first-order chi connectivity index (χ1) is 9.20. The van der Waals surface area contributed by atoms with Crippen molar-refractivity contribution in [1.82, 2.24) is 0 Å². The topological polar surface area (TPSA) is 67.8 Å². The van der Waals surface area contributed by atoms with E-state index in [2.05, 4.69) is 5.16 Å². The molecular weight excluding hydrogens is 264 g/mol. The van der Waals surface area contributed by atoms with Gasteiger partial charge in [0, 0.05) is 17.2 Å². The molecule has 0 atom stereocenters. The fourth-order valence-electron chi connectivity index (χ4n) is 2.39. The zero-order chi connectivity index (χ0) is 13.7. The molecule has 1 aliphatic rings. The van der Waals surface area contributed by atoms with Gasteiger partial charge in [-0.15, -0.1) is 0 Å². The van der Waals surface area contributed by atoms with Crippen molar-refractivity contribution >= 4 is 17.4 Å². The molecule has 0 unspecified atom stereocenters. The predicted molar refractivity (Wildman–Crippen MR) is 75.6 cm³/mol. The molecule has 0 aliphatic heterocycles. The summed E-state index contributed by atoms with van der Waals surface area (Å²) in [6, 6.07) is 5.31. The highest BCUT2D eigenvalue weighted by Crippen LogP contribution is 2.25. The standard InChI is InChI=1S/C14H19ClN2O2/c15-13-7-11(14(16)17-18)5-6-12(13)9-19-8-10-3-1-2-4-10/h5-7,10,18H,1-4,8-9H2,(H2,16,17). The molecule has 1 aromatic carbocycles. The molecular formula is C14H19ClN2O2. The van der Waals surface area contributed by atoms with E-state index in [9.17, 15) is 0 Å². The quantitative estimate of drug-likeness (QED) is 0.377. The molecule has 104 valence electrons. The van der Waals surface area contributed by atoms with Gasteiger partial charge in [-0.3, -0.25) is 0 Å². The minimum Gasteiger partial charge on any atom is -0.409 e. The molecule has 19 heavy (non-hydrogen) atoms. The van der Waals surface area contributed by atoms with Gasteiger partial charge >= 0.3 is 0 Å². The van der Waals surface area contributed by atoms with E-state index in [1.54, 1.807) is 12.1 Å². The van der Waals surface area contributed by atoms with Gasteiger partial charge in [0.2, 0.25) is 0 Å². The van der Waals surface area contributed by atoms with Crippen LogP contribution in [0.4, 0.5) is 0 Å². The highest BCUT2D eigenvalue weighted by Gasteiger charge is 2.15. The lowest BCUT2D eigenvalue weighted by molar-refractivity contribution is 0.0889. The van der Waals surface area contributed by atoms with Crippen LogP contribution in [0.3, 0.4) is 0 Å². The lowest BCUT2D eigenvalue weighted by Gasteiger charge is -2.11. The minimum absolute atomic E-state index is 0.0559. The highest BCUT2D eigenvalue weighted by molar-refractivity contribution is 6.31. The lowest BCUT2D eigenvalue weighted by atomic mass is 10.1. The summed E-state index contributed by atoms with van der Waals surface area (Å²) in [6.45, 7) is 1.31. The minimum atomic E-state index is 0.0559. The van der Waals surface area contributed by atoms with Gasteiger partial charge in [-0.25, -0.2) is 0 Å². The second kappa shape index (κ2) is 6.78. The monoisotopic (exact) mass is 282 g/mol. The van der Waals surface area contributed by atoms with E-state index in [-0.39, 0.29) is 5.84 Å². The molecule has 0 aromatic heterocycles. The van der Waals surface area contributed by atoms with Gasteiger partial charge in [0.15, 0.2) is 5.84 Å². The van der Waals surface area contributed by atoms with Crippen molar-refractivity contribution in [2.75, 3.05) is 6.61 Å². The molecule has 1 aliphatic carbocycles. The van der Waals surface area contributed by atoms with Gasteiger partial charge in [-0.2, -0.15) is 0 Å². The average molecular weight is 283 g/mol. The third-order valence-electron chi connectivity index (χ3n) is 3.54. The van der Waals surface area contributed by atoms with Crippen molar-refractivity contribution in [1.29, 1.82) is 0 Å². The molecule has 0 heterocycles. The van der Waals surface area contributed by atoms with E-state index in [4.69, 9.17) is 27.3 Å². The number of benzene rings is 1. The normalized spacial score (nSPS) is 17.0. The summed E-state index contributed by atoms with van der Waals surface area (Å²) in [5.41, 5.74) is 7.04. The molecule has 3 N–H and O–H groups in total. The molecule has 0 bridgehead atoms. The third-order valence-corrected chi connectivity index (χ3v) is 3.89. The molecule has 4 nitrogen and oxygen atoms in total. The van der Waals surface area contributed by atoms with Crippen molar-refractivity contribution in [3.8, 4) is 0 Å². The first-order valence-corrected chi connectivity index (χ1v) is 6.92. The Morgan fingerprint density at radius 2 is 2.16 bits per heavy atom. The van der Waals surface area contributed by atoms with Gasteiger partial charge in [0.05, 0.1) is 6.61 Å². The van der Waals surface area contributed by atoms with E-state index in [0.717, 1.165) is 12.2 Å². The average Bonchev–Trinajstić information content (AvgIpc) is 2.93. The van der Waals surface area contributed by atoms with Crippen LogP contribution in [0.1, 0.15) is 36.8 Å². The van der Waals surface area contributed by atoms with Crippen LogP contribution in [0.2, 0.25) is 5.02 Å². The van der Waals surface area contributed by atoms with E-state index in [1.807, 2.05) is 6.07 Å². The Bertz CT molecular complexity index is 457. The third kappa shape index (κ3) is 3.85. The Balaban J connectivity index is 1.89. The summed E-state index contributed by atoms with van der Waals surface area (Å²) in [7, 11) is 0. The number of oxime groups is 1. The molecule has 1 saturated carbocycles. The number of rotatable bonds is 5. The summed E-state index contributed by atoms with van der Waals surface area (Å²) in [4.78, 5) is 0. The largest absolute Gasteiger partial charge is 0.409 e. The number of amidine groups is 1. The highest BCUT2D eigenvalue weighted by atomic mass is 35.5. The summed E-state index contributed by atoms with van der Waals surface area (Å²) < 4.78 is 5.72. The molecule has 0 radical (unpaired) electrons. The number of nitrogens with two attached hydrogens (primary N) is 1. The maximum absolute atomic E-state index is 8.61. The molecule has 0 saturated heterocycles. The number of ether oxygens (including phenoxy) is 1. The molecule has 2 rings (SSSR count). The summed E-state index contributed by atoms with van der Waals surface area (Å²) in [5.74, 6) is 0.760. The van der Waals surface area contributed by atoms with Gasteiger partial charge in [-0.05, 0) is 30.4 Å². The van der Waals surface area contributed by atoms with Crippen LogP contribution in [0.5, 0.6) is 0 Å². The van der Waals surface area contributed by atoms with E-state index < -0.39 is 0 Å². The van der Waals surface area contributed by atoms with Gasteiger partial charge in [0.1, 0.15) is 0 Å². The molecule has 0 amide bonds. The van der Waals surface area contributed by atoms with Crippen molar-refractivity contribution in [2.45, 2.75) is 32.3 Å². The summed E-state index contributed by atoms with van der Waals surface area (Å²) in [5, 5.41) is 12.1. The van der Waals surface area contributed by atoms with Crippen LogP contribution in [0.25, 0.3) is 0 Å². The van der Waals surface area contributed by atoms with Gasteiger partial charge in [0.25, 0.3) is 0 Å². The number of hydrogen-bond acceptors (Lipinski definition) is 3. The van der Waals surface area contributed by atoms with Crippen molar-refractivity contribution in [3.63, 3.8) is 0 Å². The fraction of sp³-hybridized carbons (Fsp3) is 0.500. The van der Waals surface area contributed by atoms with Crippen LogP contribution >= 0.6 is 11.6 Å². The Kier molecular flexibility index (Phi) is 5.05. The maximum Gasteiger partial charge on any atom is 0.170 e. The van der Waals surface area contributed by atoms with Crippen LogP contribution < -0.4 is 5.73 Å². The van der Waals surface area contributed by atoms with Crippen LogP contribution in [-0.2, 0) is 11.3 Å². The lowest BCUT2D eigenvalue weighted by Crippen LogP contribution is -2.13. The van der Waals surface area contributed by atoms with Crippen LogP contribution in [0.15, 0.2) is 23.4 Å².